The van der Waals surface area contributed by atoms with Crippen molar-refractivity contribution in [2.24, 2.45) is 0 Å². The molecule has 1 aromatic rings. The molecule has 0 fully saturated rings. The van der Waals surface area contributed by atoms with Crippen LogP contribution in [0.3, 0.4) is 0 Å². The van der Waals surface area contributed by atoms with E-state index in [-0.39, 0.29) is 0 Å². The Hall–Kier alpha value is -2.03. The number of allylic oxidation sites excluding steroid dienone is 3. The minimum Gasteiger partial charge on any atom is -0.494 e. The quantitative estimate of drug-likeness (QED) is 0.639. The number of rotatable bonds is 5. The number of hydrogen-bond acceptors (Lipinski definition) is 2. The Bertz CT molecular complexity index is 485. The fraction of sp³-hybridized carbons (Fsp3) is 0.267. The summed E-state index contributed by atoms with van der Waals surface area (Å²) in [5.41, 5.74) is 3.15. The van der Waals surface area contributed by atoms with Crippen LogP contribution in [0.1, 0.15) is 25.0 Å². The Morgan fingerprint density at radius 1 is 1.44 bits per heavy atom. The first-order valence-corrected chi connectivity index (χ1v) is 5.86. The largest absolute Gasteiger partial charge is 0.494 e. The molecule has 18 heavy (non-hydrogen) atoms. The lowest BCUT2D eigenvalue weighted by molar-refractivity contribution is -0.131. The molecule has 3 heteroatoms. The molecule has 0 aliphatic heterocycles. The van der Waals surface area contributed by atoms with Gasteiger partial charge < -0.3 is 9.84 Å². The molecule has 0 spiro atoms. The van der Waals surface area contributed by atoms with E-state index in [0.29, 0.717) is 6.61 Å². The van der Waals surface area contributed by atoms with Crippen LogP contribution in [-0.2, 0) is 4.79 Å². The maximum atomic E-state index is 10.4. The average molecular weight is 246 g/mol. The molecule has 0 aromatic heterocycles. The van der Waals surface area contributed by atoms with Gasteiger partial charge in [0.15, 0.2) is 0 Å². The van der Waals surface area contributed by atoms with Gasteiger partial charge in [-0.3, -0.25) is 0 Å². The molecule has 0 saturated heterocycles. The topological polar surface area (TPSA) is 46.5 Å². The van der Waals surface area contributed by atoms with E-state index < -0.39 is 5.97 Å². The first kappa shape index (κ1) is 14.0. The zero-order valence-corrected chi connectivity index (χ0v) is 10.9. The highest BCUT2D eigenvalue weighted by molar-refractivity contribution is 5.80. The molecule has 1 N–H and O–H groups in total. The summed E-state index contributed by atoms with van der Waals surface area (Å²) in [6, 6.07) is 5.94. The summed E-state index contributed by atoms with van der Waals surface area (Å²) in [7, 11) is 0. The van der Waals surface area contributed by atoms with E-state index in [1.807, 2.05) is 39.0 Å². The first-order chi connectivity index (χ1) is 8.54. The van der Waals surface area contributed by atoms with Crippen LogP contribution in [0, 0.1) is 6.92 Å². The van der Waals surface area contributed by atoms with Gasteiger partial charge >= 0.3 is 5.97 Å². The van der Waals surface area contributed by atoms with Crippen LogP contribution in [0.4, 0.5) is 0 Å². The van der Waals surface area contributed by atoms with E-state index in [1.165, 1.54) is 6.08 Å². The van der Waals surface area contributed by atoms with Crippen molar-refractivity contribution in [1.29, 1.82) is 0 Å². The highest BCUT2D eigenvalue weighted by Gasteiger charge is 2.01. The molecule has 0 amide bonds. The Kier molecular flexibility index (Phi) is 5.18. The molecule has 0 aliphatic carbocycles. The van der Waals surface area contributed by atoms with Crippen molar-refractivity contribution >= 4 is 11.5 Å². The molecule has 1 rings (SSSR count). The summed E-state index contributed by atoms with van der Waals surface area (Å²) in [6.45, 7) is 6.54. The molecular formula is C15H18O3. The predicted octanol–water partition coefficient (Wildman–Crippen LogP) is 3.44. The molecule has 0 radical (unpaired) electrons. The number of hydrogen-bond donors (Lipinski definition) is 1. The smallest absolute Gasteiger partial charge is 0.328 e. The van der Waals surface area contributed by atoms with Gasteiger partial charge in [-0.2, -0.15) is 0 Å². The van der Waals surface area contributed by atoms with E-state index >= 15 is 0 Å². The van der Waals surface area contributed by atoms with Crippen molar-refractivity contribution in [3.05, 3.63) is 47.6 Å². The maximum Gasteiger partial charge on any atom is 0.328 e. The van der Waals surface area contributed by atoms with Crippen LogP contribution >= 0.6 is 0 Å². The van der Waals surface area contributed by atoms with Gasteiger partial charge in [0.05, 0.1) is 6.61 Å². The highest BCUT2D eigenvalue weighted by atomic mass is 16.5. The van der Waals surface area contributed by atoms with Crippen molar-refractivity contribution in [1.82, 2.24) is 0 Å². The molecule has 96 valence electrons. The average Bonchev–Trinajstić information content (AvgIpc) is 2.31. The van der Waals surface area contributed by atoms with Crippen LogP contribution in [0.5, 0.6) is 5.75 Å². The third-order valence-corrected chi connectivity index (χ3v) is 2.52. The summed E-state index contributed by atoms with van der Waals surface area (Å²) in [6.07, 6.45) is 4.43. The van der Waals surface area contributed by atoms with Crippen molar-refractivity contribution in [2.75, 3.05) is 6.61 Å². The molecular weight excluding hydrogens is 228 g/mol. The minimum atomic E-state index is -0.943. The summed E-state index contributed by atoms with van der Waals surface area (Å²) >= 11 is 0. The number of aliphatic carboxylic acids is 1. The van der Waals surface area contributed by atoms with E-state index in [1.54, 1.807) is 6.08 Å². The van der Waals surface area contributed by atoms with E-state index in [4.69, 9.17) is 9.84 Å². The maximum absolute atomic E-state index is 10.4. The molecule has 1 aromatic carbocycles. The van der Waals surface area contributed by atoms with Gasteiger partial charge in [0.2, 0.25) is 0 Å². The molecule has 3 nitrogen and oxygen atoms in total. The second-order valence-electron chi connectivity index (χ2n) is 3.96. The van der Waals surface area contributed by atoms with Crippen LogP contribution in [-0.4, -0.2) is 17.7 Å². The molecule has 0 aliphatic rings. The highest BCUT2D eigenvalue weighted by Crippen LogP contribution is 2.23. The van der Waals surface area contributed by atoms with E-state index in [0.717, 1.165) is 28.5 Å². The Morgan fingerprint density at radius 3 is 2.72 bits per heavy atom. The second kappa shape index (κ2) is 6.64. The van der Waals surface area contributed by atoms with E-state index in [9.17, 15) is 4.79 Å². The Morgan fingerprint density at radius 2 is 2.17 bits per heavy atom. The van der Waals surface area contributed by atoms with Gasteiger partial charge in [-0.25, -0.2) is 4.79 Å². The van der Waals surface area contributed by atoms with Gasteiger partial charge in [0.25, 0.3) is 0 Å². The third-order valence-electron chi connectivity index (χ3n) is 2.52. The number of carboxylic acid groups (broad SMARTS) is 1. The zero-order valence-electron chi connectivity index (χ0n) is 10.9. The van der Waals surface area contributed by atoms with Gasteiger partial charge in [0, 0.05) is 6.08 Å². The van der Waals surface area contributed by atoms with Crippen LogP contribution in [0.25, 0.3) is 5.57 Å². The Labute approximate surface area is 107 Å². The number of carboxylic acids is 1. The van der Waals surface area contributed by atoms with Gasteiger partial charge in [-0.1, -0.05) is 18.2 Å². The van der Waals surface area contributed by atoms with E-state index in [2.05, 4.69) is 0 Å². The van der Waals surface area contributed by atoms with Crippen molar-refractivity contribution in [3.8, 4) is 5.75 Å². The van der Waals surface area contributed by atoms with Crippen LogP contribution < -0.4 is 4.74 Å². The zero-order chi connectivity index (χ0) is 13.5. The summed E-state index contributed by atoms with van der Waals surface area (Å²) < 4.78 is 5.47. The predicted molar refractivity (Wildman–Crippen MR) is 72.8 cm³/mol. The minimum absolute atomic E-state index is 0.649. The molecule has 0 heterocycles. The van der Waals surface area contributed by atoms with Crippen molar-refractivity contribution in [3.63, 3.8) is 0 Å². The lowest BCUT2D eigenvalue weighted by Crippen LogP contribution is -1.94. The number of ether oxygens (including phenoxy) is 1. The standard InChI is InChI=1S/C15H18O3/c1-4-18-14-9-8-13(10-12(14)3)11(2)6-5-7-15(16)17/h5-10H,4H2,1-3H3,(H,16,17)/b7-5+,11-6+. The van der Waals surface area contributed by atoms with Gasteiger partial charge in [-0.05, 0) is 49.6 Å². The fourth-order valence-corrected chi connectivity index (χ4v) is 1.58. The fourth-order valence-electron chi connectivity index (χ4n) is 1.58. The van der Waals surface area contributed by atoms with Crippen LogP contribution in [0.2, 0.25) is 0 Å². The monoisotopic (exact) mass is 246 g/mol. The molecule has 0 atom stereocenters. The Balaban J connectivity index is 2.90. The number of aryl methyl sites for hydroxylation is 1. The molecule has 0 unspecified atom stereocenters. The lowest BCUT2D eigenvalue weighted by atomic mass is 10.0. The first-order valence-electron chi connectivity index (χ1n) is 5.86. The second-order valence-corrected chi connectivity index (χ2v) is 3.96. The molecule has 0 saturated carbocycles. The summed E-state index contributed by atoms with van der Waals surface area (Å²) in [5, 5.41) is 8.50. The SMILES string of the molecule is CCOc1ccc(/C(C)=C/C=C/C(=O)O)cc1C. The number of benzene rings is 1. The normalized spacial score (nSPS) is 11.8. The lowest BCUT2D eigenvalue weighted by Gasteiger charge is -2.09. The number of carbonyl (C=O) groups is 1. The molecule has 0 bridgehead atoms. The van der Waals surface area contributed by atoms with Crippen molar-refractivity contribution < 1.29 is 14.6 Å². The van der Waals surface area contributed by atoms with Crippen LogP contribution in [0.15, 0.2) is 36.4 Å². The third kappa shape index (κ3) is 4.09. The van der Waals surface area contributed by atoms with Crippen molar-refractivity contribution in [2.45, 2.75) is 20.8 Å². The summed E-state index contributed by atoms with van der Waals surface area (Å²) in [4.78, 5) is 10.4. The van der Waals surface area contributed by atoms with Gasteiger partial charge in [-0.15, -0.1) is 0 Å². The van der Waals surface area contributed by atoms with Gasteiger partial charge in [0.1, 0.15) is 5.75 Å². The summed E-state index contributed by atoms with van der Waals surface area (Å²) in [5.74, 6) is -0.0583.